The lowest BCUT2D eigenvalue weighted by Gasteiger charge is -1.88. The number of hydrogen-bond donors (Lipinski definition) is 6. The Hall–Kier alpha value is 1.06. The molecule has 0 aliphatic heterocycles. The van der Waals surface area contributed by atoms with Crippen LogP contribution in [0.2, 0.25) is 0 Å². The molecule has 0 rings (SSSR count). The predicted octanol–water partition coefficient (Wildman–Crippen LogP) is 1.21. The van der Waals surface area contributed by atoms with Crippen molar-refractivity contribution in [3.05, 3.63) is 0 Å². The van der Waals surface area contributed by atoms with Crippen molar-refractivity contribution >= 4 is 37.1 Å². The molecule has 6 N–H and O–H groups in total. The second-order valence-corrected chi connectivity index (χ2v) is 7.02. The van der Waals surface area contributed by atoms with Gasteiger partial charge in [0.05, 0.1) is 0 Å². The first-order chi connectivity index (χ1) is 6.91. The molecule has 0 aromatic heterocycles. The lowest BCUT2D eigenvalue weighted by atomic mass is 10.4. The van der Waals surface area contributed by atoms with E-state index >= 15 is 0 Å². The highest BCUT2D eigenvalue weighted by Gasteiger charge is 1.92. The van der Waals surface area contributed by atoms with Crippen LogP contribution in [0, 0.1) is 0 Å². The Balaban J connectivity index is -0.0000000629. The van der Waals surface area contributed by atoms with Crippen molar-refractivity contribution in [3.8, 4) is 0 Å². The van der Waals surface area contributed by atoms with E-state index in [2.05, 4.69) is 37.5 Å². The van der Waals surface area contributed by atoms with Gasteiger partial charge in [0.2, 0.25) is 0 Å². The van der Waals surface area contributed by atoms with Gasteiger partial charge in [-0.05, 0) is 23.6 Å². The molecule has 16 heavy (non-hydrogen) atoms. The molecule has 0 heterocycles. The lowest BCUT2D eigenvalue weighted by molar-refractivity contribution is 0.361. The predicted molar refractivity (Wildman–Crippen MR) is 73.8 cm³/mol. The van der Waals surface area contributed by atoms with Crippen molar-refractivity contribution in [2.75, 3.05) is 0 Å². The van der Waals surface area contributed by atoms with Crippen molar-refractivity contribution in [1.29, 1.82) is 0 Å². The molecule has 0 radical (unpaired) electrons. The quantitative estimate of drug-likeness (QED) is 0.399. The van der Waals surface area contributed by atoms with Crippen LogP contribution in [0.3, 0.4) is 0 Å². The van der Waals surface area contributed by atoms with Gasteiger partial charge in [0.15, 0.2) is 0 Å². The van der Waals surface area contributed by atoms with Crippen molar-refractivity contribution in [2.45, 2.75) is 40.5 Å². The highest BCUT2D eigenvalue weighted by molar-refractivity contribution is 8.06. The SMILES string of the molecule is CC.CCCC.OP(O)(O)=S.OP(O)(O)=S. The van der Waals surface area contributed by atoms with Crippen LogP contribution >= 0.6 is 13.4 Å². The van der Waals surface area contributed by atoms with Gasteiger partial charge in [-0.1, -0.05) is 40.5 Å². The normalized spacial score (nSPS) is 9.62. The van der Waals surface area contributed by atoms with Gasteiger partial charge in [-0.2, -0.15) is 0 Å². The van der Waals surface area contributed by atoms with E-state index in [4.69, 9.17) is 29.4 Å². The van der Waals surface area contributed by atoms with Crippen LogP contribution in [0.4, 0.5) is 0 Å². The number of rotatable bonds is 1. The average molecular weight is 316 g/mol. The minimum absolute atomic E-state index is 1.32. The zero-order chi connectivity index (χ0) is 14.4. The van der Waals surface area contributed by atoms with Gasteiger partial charge in [0.25, 0.3) is 0 Å². The molecule has 0 aliphatic rings. The van der Waals surface area contributed by atoms with E-state index in [1.807, 2.05) is 13.8 Å². The summed E-state index contributed by atoms with van der Waals surface area (Å²) in [6, 6.07) is 0. The molecule has 6 nitrogen and oxygen atoms in total. The maximum Gasteiger partial charge on any atom is 0.319 e. The van der Waals surface area contributed by atoms with E-state index in [9.17, 15) is 0 Å². The van der Waals surface area contributed by atoms with E-state index in [1.165, 1.54) is 12.8 Å². The Morgan fingerprint density at radius 3 is 0.750 bits per heavy atom. The molecule has 0 aromatic carbocycles. The summed E-state index contributed by atoms with van der Waals surface area (Å²) in [6.45, 7) is 0.750. The summed E-state index contributed by atoms with van der Waals surface area (Å²) in [6.07, 6.45) is 2.64. The fraction of sp³-hybridized carbons (Fsp3) is 1.00. The Morgan fingerprint density at radius 1 is 0.688 bits per heavy atom. The molecule has 0 unspecified atom stereocenters. The summed E-state index contributed by atoms with van der Waals surface area (Å²) in [5.74, 6) is 0. The molecule has 104 valence electrons. The Morgan fingerprint density at radius 2 is 0.750 bits per heavy atom. The highest BCUT2D eigenvalue weighted by atomic mass is 32.5. The molecule has 0 spiro atoms. The van der Waals surface area contributed by atoms with Crippen molar-refractivity contribution in [2.24, 2.45) is 0 Å². The molecule has 0 saturated heterocycles. The standard InChI is InChI=1S/C4H10.C2H6.2H3O3PS/c1-3-4-2;1-2;2*1-4(2,3)5/h3-4H2,1-2H3;1-2H3;2*(H3,1,2,3,5). The van der Waals surface area contributed by atoms with E-state index in [0.717, 1.165) is 0 Å². The molecular formula is C6H22O6P2S2. The third kappa shape index (κ3) is 702. The molecule has 0 aliphatic carbocycles. The summed E-state index contributed by atoms with van der Waals surface area (Å²) >= 11 is 7.21. The zero-order valence-electron chi connectivity index (χ0n) is 9.81. The van der Waals surface area contributed by atoms with Crippen molar-refractivity contribution in [1.82, 2.24) is 0 Å². The van der Waals surface area contributed by atoms with Crippen LogP contribution in [0.1, 0.15) is 40.5 Å². The second-order valence-electron chi connectivity index (χ2n) is 2.03. The van der Waals surface area contributed by atoms with Crippen LogP contribution < -0.4 is 0 Å². The van der Waals surface area contributed by atoms with Crippen LogP contribution in [0.15, 0.2) is 0 Å². The Labute approximate surface area is 107 Å². The van der Waals surface area contributed by atoms with Gasteiger partial charge in [-0.25, -0.2) is 0 Å². The number of hydrogen-bond acceptors (Lipinski definition) is 2. The van der Waals surface area contributed by atoms with Crippen molar-refractivity contribution < 1.29 is 29.4 Å². The summed E-state index contributed by atoms with van der Waals surface area (Å²) < 4.78 is 0. The maximum atomic E-state index is 7.56. The topological polar surface area (TPSA) is 121 Å². The van der Waals surface area contributed by atoms with Crippen LogP contribution in [0.25, 0.3) is 0 Å². The molecule has 10 heteroatoms. The fourth-order valence-corrected chi connectivity index (χ4v) is 0. The first kappa shape index (κ1) is 25.8. The van der Waals surface area contributed by atoms with E-state index < -0.39 is 13.4 Å². The van der Waals surface area contributed by atoms with Gasteiger partial charge in [-0.3, -0.25) is 0 Å². The van der Waals surface area contributed by atoms with Crippen LogP contribution in [0.5, 0.6) is 0 Å². The summed E-state index contributed by atoms with van der Waals surface area (Å²) in [4.78, 5) is 45.3. The summed E-state index contributed by atoms with van der Waals surface area (Å²) in [5, 5.41) is 0. The van der Waals surface area contributed by atoms with Crippen LogP contribution in [-0.4, -0.2) is 29.4 Å². The monoisotopic (exact) mass is 316 g/mol. The third-order valence-corrected chi connectivity index (χ3v) is 0.500. The largest absolute Gasteiger partial charge is 0.325 e. The van der Waals surface area contributed by atoms with Crippen molar-refractivity contribution in [3.63, 3.8) is 0 Å². The zero-order valence-corrected chi connectivity index (χ0v) is 13.2. The van der Waals surface area contributed by atoms with E-state index in [0.29, 0.717) is 0 Å². The fourth-order valence-electron chi connectivity index (χ4n) is 0. The smallest absolute Gasteiger partial charge is 0.319 e. The maximum absolute atomic E-state index is 7.56. The molecule has 0 bridgehead atoms. The van der Waals surface area contributed by atoms with Gasteiger partial charge in [0.1, 0.15) is 0 Å². The van der Waals surface area contributed by atoms with Gasteiger partial charge >= 0.3 is 13.4 Å². The van der Waals surface area contributed by atoms with E-state index in [1.54, 1.807) is 0 Å². The molecule has 0 amide bonds. The number of unbranched alkanes of at least 4 members (excludes halogenated alkanes) is 1. The van der Waals surface area contributed by atoms with Crippen LogP contribution in [-0.2, 0) is 23.6 Å². The molecule has 0 saturated carbocycles. The van der Waals surface area contributed by atoms with Gasteiger partial charge in [0, 0.05) is 0 Å². The summed E-state index contributed by atoms with van der Waals surface area (Å²) in [5.41, 5.74) is 0. The average Bonchev–Trinajstić information content (AvgIpc) is 2.01. The van der Waals surface area contributed by atoms with Gasteiger partial charge < -0.3 is 29.4 Å². The summed E-state index contributed by atoms with van der Waals surface area (Å²) in [7, 11) is 0. The van der Waals surface area contributed by atoms with Gasteiger partial charge in [-0.15, -0.1) is 0 Å². The highest BCUT2D eigenvalue weighted by Crippen LogP contribution is 2.26. The lowest BCUT2D eigenvalue weighted by Crippen LogP contribution is -1.65. The molecule has 0 aromatic rings. The molecule has 0 atom stereocenters. The minimum Gasteiger partial charge on any atom is -0.325 e. The minimum atomic E-state index is -3.81. The Kier molecular flexibility index (Phi) is 25.9. The molecule has 0 fully saturated rings. The third-order valence-electron chi connectivity index (χ3n) is 0.500. The van der Waals surface area contributed by atoms with E-state index in [-0.39, 0.29) is 0 Å². The first-order valence-electron chi connectivity index (χ1n) is 4.48. The first-order valence-corrected chi connectivity index (χ1v) is 9.80. The Bertz CT molecular complexity index is 163. The second kappa shape index (κ2) is 16.1. The molecular weight excluding hydrogens is 294 g/mol.